The molecule has 21 heavy (non-hydrogen) atoms. The molecule has 2 unspecified atom stereocenters. The highest BCUT2D eigenvalue weighted by atomic mass is 14.5. The van der Waals surface area contributed by atoms with Crippen LogP contribution >= 0.6 is 0 Å². The highest BCUT2D eigenvalue weighted by Crippen LogP contribution is 2.54. The van der Waals surface area contributed by atoms with Gasteiger partial charge < -0.3 is 0 Å². The number of allylic oxidation sites excluding steroid dienone is 4. The van der Waals surface area contributed by atoms with Crippen molar-refractivity contribution in [3.63, 3.8) is 0 Å². The van der Waals surface area contributed by atoms with Gasteiger partial charge in [-0.3, -0.25) is 0 Å². The molecule has 0 aromatic heterocycles. The molecule has 0 nitrogen and oxygen atoms in total. The lowest BCUT2D eigenvalue weighted by Crippen LogP contribution is -1.95. The Labute approximate surface area is 126 Å². The highest BCUT2D eigenvalue weighted by molar-refractivity contribution is 5.77. The molecule has 0 spiro atoms. The van der Waals surface area contributed by atoms with Gasteiger partial charge in [-0.1, -0.05) is 65.8 Å². The fourth-order valence-corrected chi connectivity index (χ4v) is 3.45. The van der Waals surface area contributed by atoms with E-state index in [4.69, 9.17) is 0 Å². The summed E-state index contributed by atoms with van der Waals surface area (Å²) in [6.45, 7) is 4.40. The molecule has 0 bridgehead atoms. The molecule has 1 saturated carbocycles. The van der Waals surface area contributed by atoms with Gasteiger partial charge >= 0.3 is 0 Å². The molecular weight excluding hydrogens is 252 g/mol. The second kappa shape index (κ2) is 4.73. The van der Waals surface area contributed by atoms with E-state index < -0.39 is 0 Å². The van der Waals surface area contributed by atoms with Gasteiger partial charge in [-0.05, 0) is 60.4 Å². The Morgan fingerprint density at radius 3 is 2.33 bits per heavy atom. The normalized spacial score (nSPS) is 23.1. The van der Waals surface area contributed by atoms with Crippen LogP contribution in [-0.4, -0.2) is 0 Å². The second-order valence-corrected chi connectivity index (χ2v) is 6.43. The van der Waals surface area contributed by atoms with Crippen LogP contribution < -0.4 is 0 Å². The Morgan fingerprint density at radius 1 is 0.762 bits per heavy atom. The maximum Gasteiger partial charge on any atom is -0.00843 e. The summed E-state index contributed by atoms with van der Waals surface area (Å²) in [7, 11) is 0. The van der Waals surface area contributed by atoms with Gasteiger partial charge in [-0.15, -0.1) is 0 Å². The van der Waals surface area contributed by atoms with Crippen molar-refractivity contribution in [2.45, 2.75) is 20.3 Å². The topological polar surface area (TPSA) is 0 Å². The number of fused-ring (bicyclic) bond motifs is 1. The molecule has 2 aromatic carbocycles. The third-order valence-corrected chi connectivity index (χ3v) is 4.88. The maximum absolute atomic E-state index is 2.35. The summed E-state index contributed by atoms with van der Waals surface area (Å²) in [6, 6.07) is 17.8. The molecule has 0 radical (unpaired) electrons. The van der Waals surface area contributed by atoms with Gasteiger partial charge in [0.25, 0.3) is 0 Å². The minimum atomic E-state index is 0.767. The summed E-state index contributed by atoms with van der Waals surface area (Å²) >= 11 is 0. The molecule has 0 heteroatoms. The van der Waals surface area contributed by atoms with Crippen LogP contribution in [0, 0.1) is 18.8 Å². The lowest BCUT2D eigenvalue weighted by Gasteiger charge is -2.13. The van der Waals surface area contributed by atoms with E-state index in [0.717, 1.165) is 11.8 Å². The second-order valence-electron chi connectivity index (χ2n) is 6.43. The Hall–Kier alpha value is -2.08. The molecule has 0 N–H and O–H groups in total. The first-order valence-corrected chi connectivity index (χ1v) is 7.78. The van der Waals surface area contributed by atoms with E-state index in [-0.39, 0.29) is 0 Å². The van der Waals surface area contributed by atoms with Crippen molar-refractivity contribution in [1.82, 2.24) is 0 Å². The molecule has 2 aromatic rings. The zero-order valence-electron chi connectivity index (χ0n) is 12.6. The maximum atomic E-state index is 2.35. The summed E-state index contributed by atoms with van der Waals surface area (Å²) in [6.07, 6.45) is 5.97. The van der Waals surface area contributed by atoms with Gasteiger partial charge in [-0.2, -0.15) is 0 Å². The highest BCUT2D eigenvalue weighted by Gasteiger charge is 2.42. The van der Waals surface area contributed by atoms with Crippen LogP contribution in [-0.2, 0) is 0 Å². The van der Waals surface area contributed by atoms with Crippen LogP contribution in [0.4, 0.5) is 0 Å². The van der Waals surface area contributed by atoms with Crippen molar-refractivity contribution in [2.24, 2.45) is 11.8 Å². The Bertz CT molecular complexity index is 744. The number of hydrogen-bond donors (Lipinski definition) is 0. The van der Waals surface area contributed by atoms with E-state index in [1.807, 2.05) is 0 Å². The molecular formula is C21H20. The van der Waals surface area contributed by atoms with Gasteiger partial charge in [0.1, 0.15) is 0 Å². The molecule has 104 valence electrons. The van der Waals surface area contributed by atoms with E-state index in [9.17, 15) is 0 Å². The van der Waals surface area contributed by atoms with Crippen molar-refractivity contribution < 1.29 is 0 Å². The SMILES string of the molecule is CC1=CC=C(c2cccc(-c3ccc(C)cc3)c2)C2CC12. The molecule has 0 saturated heterocycles. The summed E-state index contributed by atoms with van der Waals surface area (Å²) < 4.78 is 0. The number of rotatable bonds is 2. The monoisotopic (exact) mass is 272 g/mol. The van der Waals surface area contributed by atoms with Gasteiger partial charge in [0.05, 0.1) is 0 Å². The first kappa shape index (κ1) is 12.6. The molecule has 0 amide bonds. The van der Waals surface area contributed by atoms with Gasteiger partial charge in [0.15, 0.2) is 0 Å². The van der Waals surface area contributed by atoms with E-state index in [1.165, 1.54) is 34.2 Å². The third kappa shape index (κ3) is 2.25. The number of benzene rings is 2. The number of hydrogen-bond acceptors (Lipinski definition) is 0. The van der Waals surface area contributed by atoms with Crippen LogP contribution in [0.5, 0.6) is 0 Å². The smallest absolute Gasteiger partial charge is 0.00843 e. The zero-order valence-corrected chi connectivity index (χ0v) is 12.6. The largest absolute Gasteiger partial charge is 0.0696 e. The zero-order chi connectivity index (χ0) is 14.4. The van der Waals surface area contributed by atoms with E-state index >= 15 is 0 Å². The van der Waals surface area contributed by atoms with Gasteiger partial charge in [0.2, 0.25) is 0 Å². The average molecular weight is 272 g/mol. The van der Waals surface area contributed by atoms with Crippen molar-refractivity contribution in [3.05, 3.63) is 77.4 Å². The van der Waals surface area contributed by atoms with E-state index in [0.29, 0.717) is 0 Å². The van der Waals surface area contributed by atoms with Crippen LogP contribution in [0.2, 0.25) is 0 Å². The predicted molar refractivity (Wildman–Crippen MR) is 89.9 cm³/mol. The fraction of sp³-hybridized carbons (Fsp3) is 0.238. The van der Waals surface area contributed by atoms with Crippen molar-refractivity contribution in [2.75, 3.05) is 0 Å². The molecule has 2 aliphatic carbocycles. The van der Waals surface area contributed by atoms with Gasteiger partial charge in [-0.25, -0.2) is 0 Å². The van der Waals surface area contributed by atoms with Crippen LogP contribution in [0.3, 0.4) is 0 Å². The number of aryl methyl sites for hydroxylation is 1. The van der Waals surface area contributed by atoms with Crippen LogP contribution in [0.15, 0.2) is 66.3 Å². The van der Waals surface area contributed by atoms with Crippen molar-refractivity contribution in [1.29, 1.82) is 0 Å². The summed E-state index contributed by atoms with van der Waals surface area (Å²) in [5.74, 6) is 1.58. The lowest BCUT2D eigenvalue weighted by atomic mass is 9.92. The van der Waals surface area contributed by atoms with Crippen LogP contribution in [0.1, 0.15) is 24.5 Å². The molecule has 1 fully saturated rings. The summed E-state index contributed by atoms with van der Waals surface area (Å²) in [5.41, 5.74) is 8.41. The molecule has 0 aliphatic heterocycles. The first-order valence-electron chi connectivity index (χ1n) is 7.78. The van der Waals surface area contributed by atoms with E-state index in [2.05, 4.69) is 74.5 Å². The first-order chi connectivity index (χ1) is 10.2. The Morgan fingerprint density at radius 2 is 1.52 bits per heavy atom. The fourth-order valence-electron chi connectivity index (χ4n) is 3.45. The van der Waals surface area contributed by atoms with Gasteiger partial charge in [0, 0.05) is 0 Å². The molecule has 0 heterocycles. The lowest BCUT2D eigenvalue weighted by molar-refractivity contribution is 0.923. The minimum absolute atomic E-state index is 0.767. The average Bonchev–Trinajstić information content (AvgIpc) is 3.30. The predicted octanol–water partition coefficient (Wildman–Crippen LogP) is 5.64. The molecule has 2 atom stereocenters. The summed E-state index contributed by atoms with van der Waals surface area (Å²) in [5, 5.41) is 0. The molecule has 4 rings (SSSR count). The minimum Gasteiger partial charge on any atom is -0.0696 e. The van der Waals surface area contributed by atoms with Crippen molar-refractivity contribution >= 4 is 5.57 Å². The Balaban J connectivity index is 1.72. The third-order valence-electron chi connectivity index (χ3n) is 4.88. The summed E-state index contributed by atoms with van der Waals surface area (Å²) in [4.78, 5) is 0. The molecule has 2 aliphatic rings. The van der Waals surface area contributed by atoms with Crippen LogP contribution in [0.25, 0.3) is 16.7 Å². The standard InChI is InChI=1S/C21H20/c1-14-6-9-16(10-7-14)17-4-3-5-18(12-17)19-11-8-15(2)20-13-21(19)20/h3-12,20-21H,13H2,1-2H3. The quantitative estimate of drug-likeness (QED) is 0.663. The van der Waals surface area contributed by atoms with E-state index in [1.54, 1.807) is 5.57 Å². The Kier molecular flexibility index (Phi) is 2.85. The van der Waals surface area contributed by atoms with Crippen molar-refractivity contribution in [3.8, 4) is 11.1 Å².